The maximum absolute atomic E-state index is 12.4. The molecule has 9 nitrogen and oxygen atoms in total. The fourth-order valence-corrected chi connectivity index (χ4v) is 3.54. The number of oxazole rings is 1. The molecule has 0 saturated heterocycles. The van der Waals surface area contributed by atoms with Crippen LogP contribution in [-0.4, -0.2) is 20.4 Å². The van der Waals surface area contributed by atoms with Crippen molar-refractivity contribution in [3.63, 3.8) is 0 Å². The van der Waals surface area contributed by atoms with Crippen molar-refractivity contribution >= 4 is 39.2 Å². The molecular weight excluding hydrogens is 396 g/mol. The predicted octanol–water partition coefficient (Wildman–Crippen LogP) is 3.57. The summed E-state index contributed by atoms with van der Waals surface area (Å²) >= 11 is 1.27. The van der Waals surface area contributed by atoms with Gasteiger partial charge in [0.05, 0.1) is 22.2 Å². The second-order valence-corrected chi connectivity index (χ2v) is 7.17. The number of nitro benzene ring substituents is 1. The highest BCUT2D eigenvalue weighted by Crippen LogP contribution is 2.25. The van der Waals surface area contributed by atoms with Crippen LogP contribution in [0.2, 0.25) is 0 Å². The Morgan fingerprint density at radius 3 is 2.76 bits per heavy atom. The molecule has 0 aliphatic carbocycles. The van der Waals surface area contributed by atoms with Crippen molar-refractivity contribution in [1.29, 1.82) is 0 Å². The molecule has 0 fully saturated rings. The lowest BCUT2D eigenvalue weighted by molar-refractivity contribution is -0.384. The molecule has 0 spiro atoms. The first-order valence-corrected chi connectivity index (χ1v) is 9.39. The molecule has 2 aromatic heterocycles. The number of non-ortho nitro benzene ring substituents is 1. The Labute approximate surface area is 167 Å². The van der Waals surface area contributed by atoms with Gasteiger partial charge in [0.1, 0.15) is 6.54 Å². The molecule has 29 heavy (non-hydrogen) atoms. The number of carbonyl (C=O) groups is 1. The van der Waals surface area contributed by atoms with E-state index >= 15 is 0 Å². The molecular formula is C19H14N4O5S. The lowest BCUT2D eigenvalue weighted by atomic mass is 10.1. The van der Waals surface area contributed by atoms with E-state index in [1.807, 2.05) is 36.6 Å². The third-order valence-corrected chi connectivity index (χ3v) is 5.02. The first-order valence-electron chi connectivity index (χ1n) is 8.51. The topological polar surface area (TPSA) is 120 Å². The molecule has 2 aromatic carbocycles. The summed E-state index contributed by atoms with van der Waals surface area (Å²) in [4.78, 5) is 39.1. The van der Waals surface area contributed by atoms with E-state index in [-0.39, 0.29) is 17.8 Å². The van der Waals surface area contributed by atoms with Gasteiger partial charge in [-0.05, 0) is 13.0 Å². The highest BCUT2D eigenvalue weighted by Gasteiger charge is 2.17. The number of amides is 1. The molecule has 4 aromatic rings. The zero-order valence-electron chi connectivity index (χ0n) is 15.1. The van der Waals surface area contributed by atoms with Gasteiger partial charge in [-0.25, -0.2) is 9.78 Å². The number of anilines is 1. The van der Waals surface area contributed by atoms with E-state index in [0.717, 1.165) is 27.5 Å². The lowest BCUT2D eigenvalue weighted by Gasteiger charge is -2.03. The summed E-state index contributed by atoms with van der Waals surface area (Å²) < 4.78 is 6.14. The Balaban J connectivity index is 1.52. The summed E-state index contributed by atoms with van der Waals surface area (Å²) in [5.74, 6) is -1.23. The number of nitrogens with one attached hydrogen (secondary N) is 1. The number of nitrogens with zero attached hydrogens (tertiary/aromatic N) is 3. The minimum Gasteiger partial charge on any atom is -0.407 e. The van der Waals surface area contributed by atoms with Crippen LogP contribution in [0, 0.1) is 17.0 Å². The van der Waals surface area contributed by atoms with Gasteiger partial charge in [-0.1, -0.05) is 29.8 Å². The second kappa shape index (κ2) is 7.32. The SMILES string of the molecule is Cc1ccc(-c2csc(NC(=O)Cn3c(=O)oc4cc([N+](=O)[O-])ccc43)n2)cc1. The Hall–Kier alpha value is -3.79. The summed E-state index contributed by atoms with van der Waals surface area (Å²) in [6, 6.07) is 11.6. The van der Waals surface area contributed by atoms with Gasteiger partial charge in [0, 0.05) is 17.0 Å². The van der Waals surface area contributed by atoms with Crippen LogP contribution in [0.25, 0.3) is 22.4 Å². The van der Waals surface area contributed by atoms with E-state index in [2.05, 4.69) is 10.3 Å². The number of hydrogen-bond acceptors (Lipinski definition) is 7. The molecule has 4 rings (SSSR count). The number of rotatable bonds is 5. The highest BCUT2D eigenvalue weighted by atomic mass is 32.1. The molecule has 2 heterocycles. The van der Waals surface area contributed by atoms with Crippen molar-refractivity contribution in [3.8, 4) is 11.3 Å². The van der Waals surface area contributed by atoms with Crippen molar-refractivity contribution in [1.82, 2.24) is 9.55 Å². The molecule has 0 bridgehead atoms. The fraction of sp³-hybridized carbons (Fsp3) is 0.105. The molecule has 0 aliphatic rings. The number of aromatic nitrogens is 2. The first kappa shape index (κ1) is 18.6. The zero-order chi connectivity index (χ0) is 20.5. The smallest absolute Gasteiger partial charge is 0.407 e. The largest absolute Gasteiger partial charge is 0.420 e. The summed E-state index contributed by atoms with van der Waals surface area (Å²) in [5.41, 5.74) is 2.97. The van der Waals surface area contributed by atoms with Crippen LogP contribution in [0.3, 0.4) is 0 Å². The maximum Gasteiger partial charge on any atom is 0.420 e. The number of thiazole rings is 1. The van der Waals surface area contributed by atoms with Crippen molar-refractivity contribution in [2.75, 3.05) is 5.32 Å². The van der Waals surface area contributed by atoms with Crippen LogP contribution < -0.4 is 11.1 Å². The highest BCUT2D eigenvalue weighted by molar-refractivity contribution is 7.14. The summed E-state index contributed by atoms with van der Waals surface area (Å²) in [6.07, 6.45) is 0. The van der Waals surface area contributed by atoms with E-state index in [4.69, 9.17) is 4.42 Å². The average Bonchev–Trinajstić information content (AvgIpc) is 3.26. The van der Waals surface area contributed by atoms with Gasteiger partial charge >= 0.3 is 5.76 Å². The van der Waals surface area contributed by atoms with Crippen molar-refractivity contribution in [3.05, 3.63) is 74.1 Å². The molecule has 146 valence electrons. The van der Waals surface area contributed by atoms with E-state index in [1.54, 1.807) is 0 Å². The summed E-state index contributed by atoms with van der Waals surface area (Å²) in [7, 11) is 0. The average molecular weight is 410 g/mol. The Kier molecular flexibility index (Phi) is 4.69. The van der Waals surface area contributed by atoms with Gasteiger partial charge in [0.2, 0.25) is 5.91 Å². The Morgan fingerprint density at radius 1 is 1.28 bits per heavy atom. The van der Waals surface area contributed by atoms with Gasteiger partial charge in [-0.15, -0.1) is 11.3 Å². The minimum atomic E-state index is -0.768. The quantitative estimate of drug-likeness (QED) is 0.397. The fourth-order valence-electron chi connectivity index (χ4n) is 2.81. The van der Waals surface area contributed by atoms with Crippen LogP contribution in [0.4, 0.5) is 10.8 Å². The predicted molar refractivity (Wildman–Crippen MR) is 108 cm³/mol. The normalized spacial score (nSPS) is 10.9. The molecule has 1 amide bonds. The van der Waals surface area contributed by atoms with Gasteiger partial charge in [-0.2, -0.15) is 0 Å². The van der Waals surface area contributed by atoms with E-state index in [1.165, 1.54) is 23.5 Å². The van der Waals surface area contributed by atoms with Crippen LogP contribution >= 0.6 is 11.3 Å². The number of carbonyl (C=O) groups excluding carboxylic acids is 1. The van der Waals surface area contributed by atoms with E-state index in [9.17, 15) is 19.7 Å². The molecule has 0 saturated carbocycles. The van der Waals surface area contributed by atoms with Crippen LogP contribution in [0.1, 0.15) is 5.56 Å². The van der Waals surface area contributed by atoms with Gasteiger partial charge < -0.3 is 9.73 Å². The van der Waals surface area contributed by atoms with Gasteiger partial charge in [-0.3, -0.25) is 19.5 Å². The van der Waals surface area contributed by atoms with Crippen molar-refractivity contribution < 1.29 is 14.1 Å². The van der Waals surface area contributed by atoms with Crippen LogP contribution in [-0.2, 0) is 11.3 Å². The molecule has 0 aliphatic heterocycles. The molecule has 0 radical (unpaired) electrons. The monoisotopic (exact) mass is 410 g/mol. The maximum atomic E-state index is 12.4. The first-order chi connectivity index (χ1) is 13.9. The number of benzene rings is 2. The Morgan fingerprint density at radius 2 is 2.03 bits per heavy atom. The van der Waals surface area contributed by atoms with Gasteiger partial charge in [0.25, 0.3) is 5.69 Å². The van der Waals surface area contributed by atoms with Gasteiger partial charge in [0.15, 0.2) is 10.7 Å². The Bertz CT molecular complexity index is 1290. The van der Waals surface area contributed by atoms with Crippen LogP contribution in [0.15, 0.2) is 57.1 Å². The second-order valence-electron chi connectivity index (χ2n) is 6.32. The standard InChI is InChI=1S/C19H14N4O5S/c1-11-2-4-12(5-3-11)14-10-29-18(20-14)21-17(24)9-22-15-7-6-13(23(26)27)8-16(15)28-19(22)25/h2-8,10H,9H2,1H3,(H,20,21,24). The third-order valence-electron chi connectivity index (χ3n) is 4.26. The number of nitro groups is 1. The van der Waals surface area contributed by atoms with E-state index in [0.29, 0.717) is 10.6 Å². The summed E-state index contributed by atoms with van der Waals surface area (Å²) in [6.45, 7) is 1.69. The molecule has 10 heteroatoms. The zero-order valence-corrected chi connectivity index (χ0v) is 15.9. The number of hydrogen-bond donors (Lipinski definition) is 1. The van der Waals surface area contributed by atoms with Crippen molar-refractivity contribution in [2.45, 2.75) is 13.5 Å². The third kappa shape index (κ3) is 3.78. The minimum absolute atomic E-state index is 0.0490. The summed E-state index contributed by atoms with van der Waals surface area (Å²) in [5, 5.41) is 15.7. The molecule has 0 unspecified atom stereocenters. The molecule has 0 atom stereocenters. The van der Waals surface area contributed by atoms with Crippen molar-refractivity contribution in [2.24, 2.45) is 0 Å². The van der Waals surface area contributed by atoms with Crippen LogP contribution in [0.5, 0.6) is 0 Å². The number of fused-ring (bicyclic) bond motifs is 1. The number of aryl methyl sites for hydroxylation is 1. The molecule has 1 N–H and O–H groups in total. The lowest BCUT2D eigenvalue weighted by Crippen LogP contribution is -2.24. The van der Waals surface area contributed by atoms with E-state index < -0.39 is 16.6 Å².